The van der Waals surface area contributed by atoms with Gasteiger partial charge in [0.25, 0.3) is 0 Å². The van der Waals surface area contributed by atoms with Crippen molar-refractivity contribution in [2.45, 2.75) is 13.3 Å². The minimum absolute atomic E-state index is 0.235. The van der Waals surface area contributed by atoms with Gasteiger partial charge in [-0.15, -0.1) is 13.2 Å². The molecule has 0 aliphatic heterocycles. The van der Waals surface area contributed by atoms with Crippen molar-refractivity contribution in [3.05, 3.63) is 36.1 Å². The maximum Gasteiger partial charge on any atom is 0.573 e. The van der Waals surface area contributed by atoms with Crippen LogP contribution in [0.1, 0.15) is 12.5 Å². The smallest absolute Gasteiger partial charge is 0.501 e. The van der Waals surface area contributed by atoms with Crippen LogP contribution in [0.15, 0.2) is 30.5 Å². The topological polar surface area (TPSA) is 18.5 Å². The van der Waals surface area contributed by atoms with Gasteiger partial charge in [0, 0.05) is 0 Å². The minimum Gasteiger partial charge on any atom is -0.501 e. The van der Waals surface area contributed by atoms with Gasteiger partial charge in [-0.3, -0.25) is 0 Å². The Hall–Kier alpha value is -1.65. The Morgan fingerprint density at radius 1 is 1.19 bits per heavy atom. The monoisotopic (exact) mass is 232 g/mol. The van der Waals surface area contributed by atoms with Crippen molar-refractivity contribution in [3.63, 3.8) is 0 Å². The summed E-state index contributed by atoms with van der Waals surface area (Å²) in [4.78, 5) is 0. The molecule has 0 atom stereocenters. The van der Waals surface area contributed by atoms with E-state index in [4.69, 9.17) is 4.74 Å². The van der Waals surface area contributed by atoms with E-state index < -0.39 is 6.36 Å². The van der Waals surface area contributed by atoms with E-state index in [-0.39, 0.29) is 5.75 Å². The molecule has 0 bridgehead atoms. The molecule has 0 amide bonds. The lowest BCUT2D eigenvalue weighted by molar-refractivity contribution is -0.274. The molecule has 1 aromatic rings. The zero-order chi connectivity index (χ0) is 12.0. The third-order valence-corrected chi connectivity index (χ3v) is 1.64. The average molecular weight is 232 g/mol. The third-order valence-electron chi connectivity index (χ3n) is 1.64. The number of ether oxygens (including phenoxy) is 2. The highest BCUT2D eigenvalue weighted by Gasteiger charge is 2.30. The molecular formula is C11H11F3O2. The fourth-order valence-electron chi connectivity index (χ4n) is 1.00. The molecule has 1 aromatic carbocycles. The predicted octanol–water partition coefficient (Wildman–Crippen LogP) is 3.59. The Labute approximate surface area is 91.3 Å². The van der Waals surface area contributed by atoms with Gasteiger partial charge in [-0.2, -0.15) is 0 Å². The number of benzene rings is 1. The Balaban J connectivity index is 2.61. The normalized spacial score (nSPS) is 11.8. The lowest BCUT2D eigenvalue weighted by Gasteiger charge is -2.08. The Bertz CT molecular complexity index is 341. The molecule has 1 rings (SSSR count). The molecule has 2 nitrogen and oxygen atoms in total. The van der Waals surface area contributed by atoms with Crippen LogP contribution < -0.4 is 4.74 Å². The maximum atomic E-state index is 11.8. The number of alkyl halides is 3. The first-order valence-corrected chi connectivity index (χ1v) is 4.65. The second kappa shape index (κ2) is 5.44. The molecule has 5 heteroatoms. The van der Waals surface area contributed by atoms with E-state index in [1.807, 2.05) is 6.92 Å². The summed E-state index contributed by atoms with van der Waals surface area (Å²) in [5.41, 5.74) is 0.739. The van der Waals surface area contributed by atoms with Crippen molar-refractivity contribution >= 4 is 6.08 Å². The highest BCUT2D eigenvalue weighted by atomic mass is 19.4. The lowest BCUT2D eigenvalue weighted by atomic mass is 10.2. The van der Waals surface area contributed by atoms with E-state index in [1.54, 1.807) is 6.08 Å². The zero-order valence-corrected chi connectivity index (χ0v) is 8.62. The molecule has 0 saturated carbocycles. The second-order valence-corrected chi connectivity index (χ2v) is 2.87. The molecule has 0 aliphatic carbocycles. The summed E-state index contributed by atoms with van der Waals surface area (Å²) in [6, 6.07) is 5.52. The van der Waals surface area contributed by atoms with E-state index in [1.165, 1.54) is 30.5 Å². The number of rotatable bonds is 4. The first-order valence-electron chi connectivity index (χ1n) is 4.65. The standard InChI is InChI=1S/C11H11F3O2/c1-2-15-8-7-9-3-5-10(6-4-9)16-11(12,13)14/h3-8H,2H2,1H3/b8-7+. The van der Waals surface area contributed by atoms with Crippen LogP contribution in [0.25, 0.3) is 6.08 Å². The summed E-state index contributed by atoms with van der Waals surface area (Å²) in [5, 5.41) is 0. The van der Waals surface area contributed by atoms with Crippen molar-refractivity contribution in [2.24, 2.45) is 0 Å². The third kappa shape index (κ3) is 4.72. The van der Waals surface area contributed by atoms with Gasteiger partial charge < -0.3 is 9.47 Å². The molecule has 0 aliphatic rings. The van der Waals surface area contributed by atoms with E-state index in [2.05, 4.69) is 4.74 Å². The summed E-state index contributed by atoms with van der Waals surface area (Å²) in [6.45, 7) is 2.39. The van der Waals surface area contributed by atoms with Crippen LogP contribution in [0, 0.1) is 0 Å². The molecule has 0 aromatic heterocycles. The summed E-state index contributed by atoms with van der Waals surface area (Å²) >= 11 is 0. The number of hydrogen-bond acceptors (Lipinski definition) is 2. The molecule has 88 valence electrons. The Morgan fingerprint density at radius 3 is 2.31 bits per heavy atom. The summed E-state index contributed by atoms with van der Waals surface area (Å²) in [7, 11) is 0. The van der Waals surface area contributed by atoms with Gasteiger partial charge in [-0.05, 0) is 30.7 Å². The van der Waals surface area contributed by atoms with E-state index >= 15 is 0 Å². The zero-order valence-electron chi connectivity index (χ0n) is 8.62. The molecule has 0 spiro atoms. The first kappa shape index (κ1) is 12.4. The van der Waals surface area contributed by atoms with Crippen LogP contribution in [0.4, 0.5) is 13.2 Å². The largest absolute Gasteiger partial charge is 0.573 e. The summed E-state index contributed by atoms with van der Waals surface area (Å²) < 4.78 is 44.2. The van der Waals surface area contributed by atoms with Crippen LogP contribution in [-0.4, -0.2) is 13.0 Å². The highest BCUT2D eigenvalue weighted by molar-refractivity contribution is 5.49. The van der Waals surface area contributed by atoms with Gasteiger partial charge in [0.2, 0.25) is 0 Å². The molecule has 16 heavy (non-hydrogen) atoms. The van der Waals surface area contributed by atoms with Crippen LogP contribution >= 0.6 is 0 Å². The average Bonchev–Trinajstić information content (AvgIpc) is 2.19. The quantitative estimate of drug-likeness (QED) is 0.738. The van der Waals surface area contributed by atoms with Crippen LogP contribution in [0.3, 0.4) is 0 Å². The molecule has 0 heterocycles. The van der Waals surface area contributed by atoms with Crippen molar-refractivity contribution in [3.8, 4) is 5.75 Å². The van der Waals surface area contributed by atoms with Gasteiger partial charge in [-0.25, -0.2) is 0 Å². The molecule has 0 radical (unpaired) electrons. The highest BCUT2D eigenvalue weighted by Crippen LogP contribution is 2.22. The Kier molecular flexibility index (Phi) is 4.22. The SMILES string of the molecule is CCO/C=C/c1ccc(OC(F)(F)F)cc1. The fourth-order valence-corrected chi connectivity index (χ4v) is 1.00. The van der Waals surface area contributed by atoms with Gasteiger partial charge >= 0.3 is 6.36 Å². The van der Waals surface area contributed by atoms with Gasteiger partial charge in [0.05, 0.1) is 12.9 Å². The van der Waals surface area contributed by atoms with E-state index in [0.717, 1.165) is 5.56 Å². The fraction of sp³-hybridized carbons (Fsp3) is 0.273. The molecule has 0 fully saturated rings. The van der Waals surface area contributed by atoms with Crippen molar-refractivity contribution in [1.82, 2.24) is 0 Å². The number of hydrogen-bond donors (Lipinski definition) is 0. The second-order valence-electron chi connectivity index (χ2n) is 2.87. The minimum atomic E-state index is -4.65. The summed E-state index contributed by atoms with van der Waals surface area (Å²) in [6.07, 6.45) is -1.51. The molecular weight excluding hydrogens is 221 g/mol. The van der Waals surface area contributed by atoms with Crippen LogP contribution in [-0.2, 0) is 4.74 Å². The summed E-state index contributed by atoms with van der Waals surface area (Å²) in [5.74, 6) is -0.235. The molecule has 0 N–H and O–H groups in total. The van der Waals surface area contributed by atoms with Crippen LogP contribution in [0.5, 0.6) is 5.75 Å². The Morgan fingerprint density at radius 2 is 1.81 bits per heavy atom. The van der Waals surface area contributed by atoms with Crippen molar-refractivity contribution < 1.29 is 22.6 Å². The van der Waals surface area contributed by atoms with Gasteiger partial charge in [-0.1, -0.05) is 12.1 Å². The predicted molar refractivity (Wildman–Crippen MR) is 53.8 cm³/mol. The number of halogens is 3. The van der Waals surface area contributed by atoms with Crippen molar-refractivity contribution in [2.75, 3.05) is 6.61 Å². The van der Waals surface area contributed by atoms with Gasteiger partial charge in [0.15, 0.2) is 0 Å². The van der Waals surface area contributed by atoms with Crippen LogP contribution in [0.2, 0.25) is 0 Å². The first-order chi connectivity index (χ1) is 7.51. The molecule has 0 saturated heterocycles. The van der Waals surface area contributed by atoms with Gasteiger partial charge in [0.1, 0.15) is 5.75 Å². The van der Waals surface area contributed by atoms with E-state index in [9.17, 15) is 13.2 Å². The van der Waals surface area contributed by atoms with Crippen molar-refractivity contribution in [1.29, 1.82) is 0 Å². The lowest BCUT2D eigenvalue weighted by Crippen LogP contribution is -2.16. The molecule has 0 unspecified atom stereocenters. The maximum absolute atomic E-state index is 11.8. The van der Waals surface area contributed by atoms with E-state index in [0.29, 0.717) is 6.61 Å².